The Bertz CT molecular complexity index is 708. The number of hydrogen-bond donors (Lipinski definition) is 0. The quantitative estimate of drug-likeness (QED) is 0.505. The predicted octanol–water partition coefficient (Wildman–Crippen LogP) is 6.38. The van der Waals surface area contributed by atoms with E-state index in [1.807, 2.05) is 18.2 Å². The van der Waals surface area contributed by atoms with E-state index in [1.165, 1.54) is 0 Å². The van der Waals surface area contributed by atoms with Crippen molar-refractivity contribution in [2.45, 2.75) is 97.2 Å². The lowest BCUT2D eigenvalue weighted by atomic mass is 9.54. The summed E-state index contributed by atoms with van der Waals surface area (Å²) >= 11 is 0. The van der Waals surface area contributed by atoms with Crippen LogP contribution in [0.2, 0.25) is 19.6 Å². The van der Waals surface area contributed by atoms with Gasteiger partial charge in [0.05, 0.1) is 6.61 Å². The molecular formula is C25H40O3Si. The molecule has 1 aromatic rings. The van der Waals surface area contributed by atoms with Crippen molar-refractivity contribution in [1.29, 1.82) is 0 Å². The van der Waals surface area contributed by atoms with Crippen LogP contribution in [0, 0.1) is 17.3 Å². The maximum atomic E-state index is 13.3. The zero-order chi connectivity index (χ0) is 21.5. The second-order valence-corrected chi connectivity index (χ2v) is 15.8. The topological polar surface area (TPSA) is 35.5 Å². The monoisotopic (exact) mass is 416 g/mol. The number of ether oxygens (including phenoxy) is 1. The van der Waals surface area contributed by atoms with Crippen LogP contribution < -0.4 is 0 Å². The van der Waals surface area contributed by atoms with Gasteiger partial charge in [0.25, 0.3) is 0 Å². The summed E-state index contributed by atoms with van der Waals surface area (Å²) in [6.07, 6.45) is 4.61. The van der Waals surface area contributed by atoms with E-state index in [-0.39, 0.29) is 17.1 Å². The number of benzene rings is 1. The lowest BCUT2D eigenvalue weighted by Crippen LogP contribution is -2.74. The molecule has 1 aromatic carbocycles. The van der Waals surface area contributed by atoms with Crippen LogP contribution in [0.25, 0.3) is 0 Å². The Morgan fingerprint density at radius 1 is 1.07 bits per heavy atom. The molecule has 2 saturated carbocycles. The normalized spacial score (nSPS) is 33.4. The molecular weight excluding hydrogens is 376 g/mol. The van der Waals surface area contributed by atoms with Crippen molar-refractivity contribution in [2.75, 3.05) is 0 Å². The maximum Gasteiger partial charge on any atom is 0.185 e. The molecule has 2 atom stereocenters. The summed E-state index contributed by atoms with van der Waals surface area (Å²) in [6.45, 7) is 16.3. The molecule has 29 heavy (non-hydrogen) atoms. The molecule has 0 saturated heterocycles. The van der Waals surface area contributed by atoms with Gasteiger partial charge in [-0.3, -0.25) is 4.79 Å². The van der Waals surface area contributed by atoms with Crippen LogP contribution in [0.1, 0.15) is 65.4 Å². The number of Topliss-reactive ketones (excluding diaryl/α,β-unsaturated/α-hetero) is 1. The number of ketones is 1. The van der Waals surface area contributed by atoms with Gasteiger partial charge >= 0.3 is 0 Å². The third-order valence-electron chi connectivity index (χ3n) is 7.12. The van der Waals surface area contributed by atoms with E-state index in [9.17, 15) is 4.79 Å². The summed E-state index contributed by atoms with van der Waals surface area (Å²) < 4.78 is 13.6. The first-order valence-corrected chi connectivity index (χ1v) is 14.7. The van der Waals surface area contributed by atoms with Crippen molar-refractivity contribution in [2.24, 2.45) is 17.3 Å². The van der Waals surface area contributed by atoms with E-state index in [1.54, 1.807) is 0 Å². The molecule has 162 valence electrons. The highest BCUT2D eigenvalue weighted by Crippen LogP contribution is 2.56. The van der Waals surface area contributed by atoms with Crippen molar-refractivity contribution < 1.29 is 14.0 Å². The summed E-state index contributed by atoms with van der Waals surface area (Å²) in [7, 11) is -1.94. The van der Waals surface area contributed by atoms with Gasteiger partial charge in [0.15, 0.2) is 14.1 Å². The molecule has 2 aliphatic rings. The molecule has 0 spiro atoms. The van der Waals surface area contributed by atoms with Gasteiger partial charge < -0.3 is 9.16 Å². The minimum Gasteiger partial charge on any atom is -0.402 e. The summed E-state index contributed by atoms with van der Waals surface area (Å²) in [4.78, 5) is 13.3. The van der Waals surface area contributed by atoms with Crippen LogP contribution in [0.4, 0.5) is 0 Å². The average Bonchev–Trinajstić information content (AvgIpc) is 2.64. The van der Waals surface area contributed by atoms with E-state index in [4.69, 9.17) is 9.16 Å². The van der Waals surface area contributed by atoms with Crippen LogP contribution in [0.15, 0.2) is 30.3 Å². The molecule has 2 fully saturated rings. The first-order valence-electron chi connectivity index (χ1n) is 11.3. The molecule has 0 bridgehead atoms. The highest BCUT2D eigenvalue weighted by Gasteiger charge is 2.68. The molecule has 0 aromatic heterocycles. The fourth-order valence-electron chi connectivity index (χ4n) is 5.52. The SMILES string of the molecule is C[C@H]1CC(=O)[C@]1(O[Si](C)(C)C)C1(OCc2ccccc2)CCC(C(C)(C)C)CC1. The van der Waals surface area contributed by atoms with E-state index >= 15 is 0 Å². The summed E-state index contributed by atoms with van der Waals surface area (Å²) in [5.74, 6) is 1.13. The van der Waals surface area contributed by atoms with Gasteiger partial charge in [-0.25, -0.2) is 0 Å². The fraction of sp³-hybridized carbons (Fsp3) is 0.720. The standard InChI is InChI=1S/C25H40O3Si/c1-19-17-22(26)25(19,28-29(5,6)7)24(27-18-20-11-9-8-10-12-20)15-13-21(14-16-24)23(2,3)4/h8-12,19,21H,13-18H2,1-7H3/t19-,21?,24?,25-/m0/s1. The van der Waals surface area contributed by atoms with Crippen molar-refractivity contribution in [3.8, 4) is 0 Å². The van der Waals surface area contributed by atoms with E-state index in [0.29, 0.717) is 18.9 Å². The van der Waals surface area contributed by atoms with Crippen molar-refractivity contribution in [3.63, 3.8) is 0 Å². The second kappa shape index (κ2) is 7.94. The first-order chi connectivity index (χ1) is 13.4. The summed E-state index contributed by atoms with van der Waals surface area (Å²) in [5.41, 5.74) is 0.162. The zero-order valence-electron chi connectivity index (χ0n) is 19.5. The number of rotatable bonds is 6. The third-order valence-corrected chi connectivity index (χ3v) is 8.05. The number of hydrogen-bond acceptors (Lipinski definition) is 3. The highest BCUT2D eigenvalue weighted by molar-refractivity contribution is 6.70. The Morgan fingerprint density at radius 3 is 2.10 bits per heavy atom. The minimum absolute atomic E-state index is 0.212. The van der Waals surface area contributed by atoms with Crippen LogP contribution in [-0.4, -0.2) is 25.3 Å². The Hall–Kier alpha value is -0.973. The Kier molecular flexibility index (Phi) is 6.21. The van der Waals surface area contributed by atoms with Crippen LogP contribution in [0.5, 0.6) is 0 Å². The second-order valence-electron chi connectivity index (χ2n) is 11.4. The van der Waals surface area contributed by atoms with Crippen molar-refractivity contribution in [1.82, 2.24) is 0 Å². The van der Waals surface area contributed by atoms with Crippen LogP contribution in [0.3, 0.4) is 0 Å². The molecule has 2 aliphatic carbocycles. The molecule has 3 nitrogen and oxygen atoms in total. The van der Waals surface area contributed by atoms with Gasteiger partial charge in [-0.15, -0.1) is 0 Å². The molecule has 0 amide bonds. The van der Waals surface area contributed by atoms with Gasteiger partial charge in [-0.2, -0.15) is 0 Å². The Morgan fingerprint density at radius 2 is 1.66 bits per heavy atom. The Balaban J connectivity index is 1.94. The zero-order valence-corrected chi connectivity index (χ0v) is 20.5. The molecule has 0 aliphatic heterocycles. The van der Waals surface area contributed by atoms with Gasteiger partial charge in [0, 0.05) is 12.3 Å². The van der Waals surface area contributed by atoms with E-state index < -0.39 is 19.5 Å². The van der Waals surface area contributed by atoms with Gasteiger partial charge in [0.2, 0.25) is 0 Å². The number of carbonyl (C=O) groups excluding carboxylic acids is 1. The molecule has 0 radical (unpaired) electrons. The van der Waals surface area contributed by atoms with Crippen LogP contribution in [-0.2, 0) is 20.6 Å². The summed E-state index contributed by atoms with van der Waals surface area (Å²) in [6, 6.07) is 10.3. The largest absolute Gasteiger partial charge is 0.402 e. The van der Waals surface area contributed by atoms with Gasteiger partial charge in [-0.05, 0) is 62.2 Å². The average molecular weight is 417 g/mol. The van der Waals surface area contributed by atoms with Crippen molar-refractivity contribution in [3.05, 3.63) is 35.9 Å². The predicted molar refractivity (Wildman–Crippen MR) is 121 cm³/mol. The smallest absolute Gasteiger partial charge is 0.185 e. The molecule has 4 heteroatoms. The third kappa shape index (κ3) is 4.40. The molecule has 0 heterocycles. The lowest BCUT2D eigenvalue weighted by Gasteiger charge is -2.61. The van der Waals surface area contributed by atoms with Gasteiger partial charge in [0.1, 0.15) is 11.2 Å². The number of carbonyl (C=O) groups is 1. The minimum atomic E-state index is -1.94. The van der Waals surface area contributed by atoms with E-state index in [0.717, 1.165) is 31.2 Å². The molecule has 3 rings (SSSR count). The molecule has 0 N–H and O–H groups in total. The summed E-state index contributed by atoms with van der Waals surface area (Å²) in [5, 5.41) is 0. The van der Waals surface area contributed by atoms with Gasteiger partial charge in [-0.1, -0.05) is 58.0 Å². The molecule has 0 unspecified atom stereocenters. The lowest BCUT2D eigenvalue weighted by molar-refractivity contribution is -0.238. The maximum absolute atomic E-state index is 13.3. The van der Waals surface area contributed by atoms with E-state index in [2.05, 4.69) is 59.5 Å². The first kappa shape index (κ1) is 22.7. The Labute approximate surface area is 178 Å². The fourth-order valence-corrected chi connectivity index (χ4v) is 6.99. The van der Waals surface area contributed by atoms with Crippen molar-refractivity contribution >= 4 is 14.1 Å². The highest BCUT2D eigenvalue weighted by atomic mass is 28.4. The van der Waals surface area contributed by atoms with Crippen LogP contribution >= 0.6 is 0 Å².